The summed E-state index contributed by atoms with van der Waals surface area (Å²) in [7, 11) is 1.38. The monoisotopic (exact) mass is 1710 g/mol. The molecular formula is C100H115ClF2N8O13. The molecule has 8 fully saturated rings. The Labute approximate surface area is 730 Å². The second-order valence-corrected chi connectivity index (χ2v) is 34.2. The van der Waals surface area contributed by atoms with Gasteiger partial charge in [0.1, 0.15) is 17.0 Å². The van der Waals surface area contributed by atoms with Gasteiger partial charge in [0.05, 0.1) is 106 Å². The van der Waals surface area contributed by atoms with E-state index in [2.05, 4.69) is 99.7 Å². The fourth-order valence-electron chi connectivity index (χ4n) is 19.7. The number of aromatic nitrogens is 4. The number of ether oxygens (including phenoxy) is 9. The van der Waals surface area contributed by atoms with E-state index < -0.39 is 11.6 Å². The zero-order valence-electron chi connectivity index (χ0n) is 71.7. The van der Waals surface area contributed by atoms with Crippen LogP contribution in [0.4, 0.5) is 8.78 Å². The summed E-state index contributed by atoms with van der Waals surface area (Å²) in [5.74, 6) is -1.39. The maximum atomic E-state index is 14.1. The second kappa shape index (κ2) is 41.0. The van der Waals surface area contributed by atoms with E-state index in [0.29, 0.717) is 101 Å². The molecule has 0 saturated carbocycles. The fraction of sp³-hybridized carbons (Fsp3) is 0.450. The molecule has 8 atom stereocenters. The standard InChI is InChI=1S/C26H29N3O3.C25H30FNO4.C25H29N3O3.C24H27ClFNO3/c1-2-31-20-17-23(19-7-4-3-5-8-19)32-26(18-20)11-15-29(16-12-26)25(30)21-9-6-10-22-24(21)28-14-13-27-22;1-3-30-19-16-22(18-8-5-4-6-9-18)31-25(17-19)12-14-27(15-13-25)24(28)20-10-7-11-21(26)23(20)29-2;1-2-30-19-15-22(18-7-4-3-5-8-18)31-25(16-19)10-13-28(14-11-25)24(29)21-17-27-23-20(21)9-6-12-26-23;1-2-29-19-15-22(17-6-4-3-5-7-17)30-24(16-19)10-12-27(13-11-24)23(28)18-8-9-20(25)21(26)14-18/h3-10,13-14,20,23H,2,11-12,15-18H2,1H3;4-11,19,22H,3,12-17H2,1-2H3;3-9,12,17,19,22H,2,10-11,13-16H2,1H3,(H,26,27);3-9,14,19,22H,2,10-13,15-16H2,1H3. The lowest BCUT2D eigenvalue weighted by atomic mass is 9.80. The van der Waals surface area contributed by atoms with E-state index in [1.165, 1.54) is 42.5 Å². The van der Waals surface area contributed by atoms with Crippen LogP contribution in [-0.2, 0) is 37.9 Å². The molecule has 10 aromatic rings. The molecule has 18 rings (SSSR count). The number of para-hydroxylation sites is 2. The zero-order valence-corrected chi connectivity index (χ0v) is 72.5. The Kier molecular flexibility index (Phi) is 29.4. The van der Waals surface area contributed by atoms with Crippen molar-refractivity contribution in [1.29, 1.82) is 0 Å². The van der Waals surface area contributed by atoms with Crippen molar-refractivity contribution in [3.05, 3.63) is 274 Å². The number of carbonyl (C=O) groups is 4. The third-order valence-corrected chi connectivity index (χ3v) is 26.3. The topological polar surface area (TPSA) is 219 Å². The highest BCUT2D eigenvalue weighted by Crippen LogP contribution is 2.49. The first-order valence-electron chi connectivity index (χ1n) is 44.3. The molecule has 1 N–H and O–H groups in total. The summed E-state index contributed by atoms with van der Waals surface area (Å²) in [6.45, 7) is 15.9. The van der Waals surface area contributed by atoms with E-state index in [1.54, 1.807) is 46.7 Å². The van der Waals surface area contributed by atoms with E-state index in [1.807, 2.05) is 109 Å². The summed E-state index contributed by atoms with van der Waals surface area (Å²) in [5.41, 5.74) is 7.66. The quantitative estimate of drug-likeness (QED) is 0.0896. The van der Waals surface area contributed by atoms with E-state index in [9.17, 15) is 28.0 Å². The molecule has 124 heavy (non-hydrogen) atoms. The van der Waals surface area contributed by atoms with Crippen molar-refractivity contribution in [2.45, 2.75) is 202 Å². The molecule has 0 radical (unpaired) electrons. The van der Waals surface area contributed by atoms with Crippen molar-refractivity contribution in [2.24, 2.45) is 0 Å². The molecule has 8 aliphatic heterocycles. The Morgan fingerprint density at radius 1 is 0.411 bits per heavy atom. The van der Waals surface area contributed by atoms with Gasteiger partial charge in [0.15, 0.2) is 11.6 Å². The number of amides is 4. The molecule has 24 heteroatoms. The molecule has 8 aliphatic rings. The normalized spacial score (nSPS) is 23.2. The van der Waals surface area contributed by atoms with Crippen LogP contribution in [-0.4, -0.2) is 196 Å². The molecule has 654 valence electrons. The van der Waals surface area contributed by atoms with Gasteiger partial charge in [0.25, 0.3) is 23.6 Å². The number of rotatable bonds is 17. The Balaban J connectivity index is 0.000000128. The van der Waals surface area contributed by atoms with Crippen LogP contribution in [0.15, 0.2) is 213 Å². The van der Waals surface area contributed by atoms with Gasteiger partial charge < -0.3 is 67.2 Å². The molecule has 8 saturated heterocycles. The highest BCUT2D eigenvalue weighted by molar-refractivity contribution is 6.30. The molecule has 21 nitrogen and oxygen atoms in total. The van der Waals surface area contributed by atoms with Crippen molar-refractivity contribution >= 4 is 57.3 Å². The number of H-pyrrole nitrogens is 1. The van der Waals surface area contributed by atoms with E-state index >= 15 is 0 Å². The SMILES string of the molecule is CCOC1CC(c2ccccc2)OC2(CCN(C(=O)c3c[nH]c4ncccc34)CC2)C1.CCOC1CC(c2ccccc2)OC2(CCN(C(=O)c3ccc(Cl)c(F)c3)CC2)C1.CCOC1CC(c2ccccc2)OC2(CCN(C(=O)c3cccc(F)c3OC)CC2)C1.CCOC1CC(c2ccccc2)OC2(CCN(C(=O)c3cccc4nccnc34)CC2)C1. The second-order valence-electron chi connectivity index (χ2n) is 33.8. The Hall–Kier alpha value is -9.92. The van der Waals surface area contributed by atoms with Gasteiger partial charge in [-0.05, 0) is 156 Å². The number of halogens is 3. The van der Waals surface area contributed by atoms with Crippen LogP contribution in [0.25, 0.3) is 22.1 Å². The summed E-state index contributed by atoms with van der Waals surface area (Å²) in [4.78, 5) is 76.0. The number of benzene rings is 7. The van der Waals surface area contributed by atoms with Crippen LogP contribution in [0.5, 0.6) is 5.75 Å². The Bertz CT molecular complexity index is 5180. The van der Waals surface area contributed by atoms with E-state index in [4.69, 9.17) is 54.2 Å². The summed E-state index contributed by atoms with van der Waals surface area (Å²) < 4.78 is 84.0. The van der Waals surface area contributed by atoms with Crippen LogP contribution in [0.2, 0.25) is 5.02 Å². The van der Waals surface area contributed by atoms with E-state index in [-0.39, 0.29) is 111 Å². The van der Waals surface area contributed by atoms with Crippen molar-refractivity contribution in [3.8, 4) is 5.75 Å². The average Bonchev–Trinajstić information content (AvgIpc) is 0.918. The summed E-state index contributed by atoms with van der Waals surface area (Å²) >= 11 is 5.74. The number of carbonyl (C=O) groups excluding carboxylic acids is 4. The third-order valence-electron chi connectivity index (χ3n) is 26.0. The smallest absolute Gasteiger partial charge is 0.257 e. The van der Waals surface area contributed by atoms with Crippen LogP contribution in [0, 0.1) is 11.6 Å². The number of methoxy groups -OCH3 is 1. The number of hydrogen-bond donors (Lipinski definition) is 1. The van der Waals surface area contributed by atoms with Gasteiger partial charge in [0.2, 0.25) is 0 Å². The first-order valence-corrected chi connectivity index (χ1v) is 44.7. The van der Waals surface area contributed by atoms with Gasteiger partial charge in [-0.3, -0.25) is 29.1 Å². The predicted molar refractivity (Wildman–Crippen MR) is 471 cm³/mol. The third kappa shape index (κ3) is 21.1. The van der Waals surface area contributed by atoms with Crippen molar-refractivity contribution in [3.63, 3.8) is 0 Å². The lowest BCUT2D eigenvalue weighted by molar-refractivity contribution is -0.191. The summed E-state index contributed by atoms with van der Waals surface area (Å²) in [6, 6.07) is 59.5. The van der Waals surface area contributed by atoms with Crippen LogP contribution >= 0.6 is 11.6 Å². The zero-order chi connectivity index (χ0) is 86.2. The highest BCUT2D eigenvalue weighted by atomic mass is 35.5. The lowest BCUT2D eigenvalue weighted by Crippen LogP contribution is -2.52. The minimum Gasteiger partial charge on any atom is -0.493 e. The molecule has 4 amide bonds. The van der Waals surface area contributed by atoms with Crippen LogP contribution < -0.4 is 4.74 Å². The van der Waals surface area contributed by atoms with Crippen molar-refractivity contribution in [1.82, 2.24) is 39.5 Å². The average molecular weight is 1710 g/mol. The first-order chi connectivity index (χ1) is 60.4. The first kappa shape index (κ1) is 88.9. The number of nitrogens with zero attached hydrogens (tertiary/aromatic N) is 7. The molecular weight excluding hydrogens is 1590 g/mol. The largest absolute Gasteiger partial charge is 0.493 e. The minimum atomic E-state index is -0.572. The van der Waals surface area contributed by atoms with E-state index in [0.717, 1.165) is 130 Å². The van der Waals surface area contributed by atoms with Gasteiger partial charge in [-0.15, -0.1) is 0 Å². The molecule has 0 aliphatic carbocycles. The molecule has 3 aromatic heterocycles. The van der Waals surface area contributed by atoms with Crippen LogP contribution in [0.1, 0.15) is 219 Å². The minimum absolute atomic E-state index is 0.00209. The number of pyridine rings is 1. The van der Waals surface area contributed by atoms with Gasteiger partial charge in [-0.2, -0.15) is 0 Å². The maximum absolute atomic E-state index is 14.1. The highest BCUT2D eigenvalue weighted by Gasteiger charge is 2.50. The van der Waals surface area contributed by atoms with Gasteiger partial charge in [-0.1, -0.05) is 145 Å². The number of piperidine rings is 4. The van der Waals surface area contributed by atoms with Gasteiger partial charge >= 0.3 is 0 Å². The molecule has 0 bridgehead atoms. The molecule has 8 unspecified atom stereocenters. The number of likely N-dealkylation sites (tertiary alicyclic amines) is 4. The molecule has 4 spiro atoms. The van der Waals surface area contributed by atoms with Crippen molar-refractivity contribution < 1.29 is 70.6 Å². The predicted octanol–water partition coefficient (Wildman–Crippen LogP) is 19.2. The number of fused-ring (bicyclic) bond motifs is 2. The Morgan fingerprint density at radius 3 is 1.18 bits per heavy atom. The Morgan fingerprint density at radius 2 is 0.782 bits per heavy atom. The molecule has 11 heterocycles. The lowest BCUT2D eigenvalue weighted by Gasteiger charge is -2.48. The van der Waals surface area contributed by atoms with Crippen molar-refractivity contribution in [2.75, 3.05) is 85.9 Å². The number of hydrogen-bond acceptors (Lipinski definition) is 16. The number of aromatic amines is 1. The fourth-order valence-corrected chi connectivity index (χ4v) is 19.9. The summed E-state index contributed by atoms with van der Waals surface area (Å²) in [6.07, 6.45) is 20.5. The number of nitrogens with one attached hydrogen (secondary N) is 1. The maximum Gasteiger partial charge on any atom is 0.257 e. The van der Waals surface area contributed by atoms with Gasteiger partial charge in [-0.25, -0.2) is 13.8 Å². The van der Waals surface area contributed by atoms with Gasteiger partial charge in [0, 0.05) is 166 Å². The summed E-state index contributed by atoms with van der Waals surface area (Å²) in [5, 5.41) is 0.899. The van der Waals surface area contributed by atoms with Crippen LogP contribution in [0.3, 0.4) is 0 Å². The molecule has 7 aromatic carbocycles.